The van der Waals surface area contributed by atoms with E-state index in [4.69, 9.17) is 0 Å². The van der Waals surface area contributed by atoms with Crippen molar-refractivity contribution in [3.63, 3.8) is 0 Å². The number of alkyl halides is 3. The van der Waals surface area contributed by atoms with Gasteiger partial charge in [-0.05, 0) is 37.1 Å². The lowest BCUT2D eigenvalue weighted by molar-refractivity contribution is -0.137. The predicted molar refractivity (Wildman–Crippen MR) is 59.7 cm³/mol. The Labute approximate surface area is 101 Å². The van der Waals surface area contributed by atoms with E-state index in [9.17, 15) is 18.3 Å². The molecule has 6 heteroatoms. The standard InChI is InChI=1S/C12H11F3N2O/c1-7-8(2)11(18)4-3-10(7)17-6-9(5-16-17)12(13,14)15/h3-6,18H,1-2H3. The molecule has 0 radical (unpaired) electrons. The van der Waals surface area contributed by atoms with Crippen LogP contribution >= 0.6 is 0 Å². The summed E-state index contributed by atoms with van der Waals surface area (Å²) in [6, 6.07) is 2.97. The van der Waals surface area contributed by atoms with Crippen LogP contribution in [0.5, 0.6) is 5.75 Å². The van der Waals surface area contributed by atoms with Crippen molar-refractivity contribution in [3.05, 3.63) is 41.2 Å². The highest BCUT2D eigenvalue weighted by molar-refractivity contribution is 5.50. The van der Waals surface area contributed by atoms with Gasteiger partial charge >= 0.3 is 6.18 Å². The van der Waals surface area contributed by atoms with Crippen LogP contribution in [0.3, 0.4) is 0 Å². The summed E-state index contributed by atoms with van der Waals surface area (Å²) in [7, 11) is 0. The molecule has 0 aliphatic carbocycles. The number of hydrogen-bond donors (Lipinski definition) is 1. The third-order valence-electron chi connectivity index (χ3n) is 2.89. The van der Waals surface area contributed by atoms with Crippen molar-refractivity contribution >= 4 is 0 Å². The lowest BCUT2D eigenvalue weighted by Crippen LogP contribution is -2.03. The Morgan fingerprint density at radius 2 is 1.83 bits per heavy atom. The van der Waals surface area contributed by atoms with Crippen LogP contribution in [0.15, 0.2) is 24.5 Å². The largest absolute Gasteiger partial charge is 0.508 e. The van der Waals surface area contributed by atoms with Crippen LogP contribution in [0.25, 0.3) is 5.69 Å². The van der Waals surface area contributed by atoms with Crippen LogP contribution in [-0.4, -0.2) is 14.9 Å². The monoisotopic (exact) mass is 256 g/mol. The molecule has 3 nitrogen and oxygen atoms in total. The number of nitrogens with zero attached hydrogens (tertiary/aromatic N) is 2. The zero-order chi connectivity index (χ0) is 13.5. The van der Waals surface area contributed by atoms with Gasteiger partial charge in [0.1, 0.15) is 5.75 Å². The first-order chi connectivity index (χ1) is 8.30. The summed E-state index contributed by atoms with van der Waals surface area (Å²) < 4.78 is 38.6. The van der Waals surface area contributed by atoms with Gasteiger partial charge in [0.05, 0.1) is 17.4 Å². The lowest BCUT2D eigenvalue weighted by Gasteiger charge is -2.10. The van der Waals surface area contributed by atoms with Crippen LogP contribution in [0.1, 0.15) is 16.7 Å². The van der Waals surface area contributed by atoms with Gasteiger partial charge in [-0.15, -0.1) is 0 Å². The van der Waals surface area contributed by atoms with Crippen LogP contribution in [0.2, 0.25) is 0 Å². The van der Waals surface area contributed by atoms with Gasteiger partial charge < -0.3 is 5.11 Å². The van der Waals surface area contributed by atoms with Crippen LogP contribution in [0, 0.1) is 13.8 Å². The molecule has 0 saturated carbocycles. The van der Waals surface area contributed by atoms with Crippen molar-refractivity contribution in [2.45, 2.75) is 20.0 Å². The number of phenols is 1. The molecule has 0 unspecified atom stereocenters. The summed E-state index contributed by atoms with van der Waals surface area (Å²) in [5.74, 6) is 0.111. The highest BCUT2D eigenvalue weighted by atomic mass is 19.4. The molecule has 1 N–H and O–H groups in total. The van der Waals surface area contributed by atoms with Crippen molar-refractivity contribution in [2.24, 2.45) is 0 Å². The quantitative estimate of drug-likeness (QED) is 0.850. The van der Waals surface area contributed by atoms with Gasteiger partial charge in [-0.3, -0.25) is 0 Å². The molecular weight excluding hydrogens is 245 g/mol. The predicted octanol–water partition coefficient (Wildman–Crippen LogP) is 3.21. The second-order valence-electron chi connectivity index (χ2n) is 4.03. The molecule has 0 spiro atoms. The van der Waals surface area contributed by atoms with E-state index in [0.29, 0.717) is 16.8 Å². The van der Waals surface area contributed by atoms with Crippen LogP contribution < -0.4 is 0 Å². The molecule has 1 aromatic heterocycles. The summed E-state index contributed by atoms with van der Waals surface area (Å²) >= 11 is 0. The maximum Gasteiger partial charge on any atom is 0.419 e. The lowest BCUT2D eigenvalue weighted by atomic mass is 10.1. The average Bonchev–Trinajstić information content (AvgIpc) is 2.75. The number of benzene rings is 1. The third-order valence-corrected chi connectivity index (χ3v) is 2.89. The van der Waals surface area contributed by atoms with E-state index < -0.39 is 11.7 Å². The first-order valence-electron chi connectivity index (χ1n) is 5.22. The van der Waals surface area contributed by atoms with E-state index in [-0.39, 0.29) is 5.75 Å². The van der Waals surface area contributed by atoms with Gasteiger partial charge in [0.25, 0.3) is 0 Å². The molecule has 2 aromatic rings. The topological polar surface area (TPSA) is 38.0 Å². The van der Waals surface area contributed by atoms with Crippen molar-refractivity contribution in [3.8, 4) is 11.4 Å². The molecule has 0 aliphatic heterocycles. The van der Waals surface area contributed by atoms with Gasteiger partial charge in [0, 0.05) is 6.20 Å². The molecule has 1 heterocycles. The zero-order valence-corrected chi connectivity index (χ0v) is 9.78. The normalized spacial score (nSPS) is 11.8. The minimum atomic E-state index is -4.40. The fourth-order valence-electron chi connectivity index (χ4n) is 1.64. The highest BCUT2D eigenvalue weighted by Crippen LogP contribution is 2.30. The van der Waals surface area contributed by atoms with Crippen LogP contribution in [0.4, 0.5) is 13.2 Å². The van der Waals surface area contributed by atoms with Gasteiger partial charge in [0.2, 0.25) is 0 Å². The highest BCUT2D eigenvalue weighted by Gasteiger charge is 2.32. The van der Waals surface area contributed by atoms with Crippen molar-refractivity contribution < 1.29 is 18.3 Å². The summed E-state index contributed by atoms with van der Waals surface area (Å²) in [4.78, 5) is 0. The molecule has 18 heavy (non-hydrogen) atoms. The number of phenolic OH excluding ortho intramolecular Hbond substituents is 1. The Morgan fingerprint density at radius 1 is 1.17 bits per heavy atom. The molecule has 0 atom stereocenters. The molecule has 2 rings (SSSR count). The number of rotatable bonds is 1. The van der Waals surface area contributed by atoms with E-state index in [2.05, 4.69) is 5.10 Å². The first-order valence-corrected chi connectivity index (χ1v) is 5.22. The fourth-order valence-corrected chi connectivity index (χ4v) is 1.64. The molecule has 0 amide bonds. The minimum Gasteiger partial charge on any atom is -0.508 e. The van der Waals surface area contributed by atoms with Crippen molar-refractivity contribution in [2.75, 3.05) is 0 Å². The summed E-state index contributed by atoms with van der Waals surface area (Å²) in [5, 5.41) is 13.2. The summed E-state index contributed by atoms with van der Waals surface area (Å²) in [6.45, 7) is 3.42. The molecule has 1 aromatic carbocycles. The second kappa shape index (κ2) is 4.04. The molecule has 96 valence electrons. The van der Waals surface area contributed by atoms with Gasteiger partial charge in [-0.25, -0.2) is 4.68 Å². The number of halogens is 3. The number of aromatic hydroxyl groups is 1. The van der Waals surface area contributed by atoms with Gasteiger partial charge in [0.15, 0.2) is 0 Å². The SMILES string of the molecule is Cc1c(O)ccc(-n2cc(C(F)(F)F)cn2)c1C. The smallest absolute Gasteiger partial charge is 0.419 e. The fraction of sp³-hybridized carbons (Fsp3) is 0.250. The van der Waals surface area contributed by atoms with E-state index in [1.165, 1.54) is 12.1 Å². The Hall–Kier alpha value is -1.98. The number of hydrogen-bond acceptors (Lipinski definition) is 2. The van der Waals surface area contributed by atoms with E-state index in [1.54, 1.807) is 13.8 Å². The Kier molecular flexibility index (Phi) is 2.80. The molecule has 0 saturated heterocycles. The van der Waals surface area contributed by atoms with Crippen molar-refractivity contribution in [1.29, 1.82) is 0 Å². The Morgan fingerprint density at radius 3 is 2.39 bits per heavy atom. The van der Waals surface area contributed by atoms with Crippen molar-refractivity contribution in [1.82, 2.24) is 9.78 Å². The second-order valence-corrected chi connectivity index (χ2v) is 4.03. The summed E-state index contributed by atoms with van der Waals surface area (Å²) in [6.07, 6.45) is -2.70. The summed E-state index contributed by atoms with van der Waals surface area (Å²) in [5.41, 5.74) is 1.02. The molecule has 0 aliphatic rings. The zero-order valence-electron chi connectivity index (χ0n) is 9.78. The van der Waals surface area contributed by atoms with E-state index in [0.717, 1.165) is 17.1 Å². The Balaban J connectivity index is 2.50. The minimum absolute atomic E-state index is 0.111. The van der Waals surface area contributed by atoms with Crippen LogP contribution in [-0.2, 0) is 6.18 Å². The first kappa shape index (κ1) is 12.5. The van der Waals surface area contributed by atoms with E-state index >= 15 is 0 Å². The Bertz CT molecular complexity index is 587. The molecule has 0 bridgehead atoms. The van der Waals surface area contributed by atoms with E-state index in [1.807, 2.05) is 0 Å². The maximum atomic E-state index is 12.5. The number of aromatic nitrogens is 2. The van der Waals surface area contributed by atoms with Gasteiger partial charge in [-0.1, -0.05) is 0 Å². The van der Waals surface area contributed by atoms with Gasteiger partial charge in [-0.2, -0.15) is 18.3 Å². The third kappa shape index (κ3) is 2.05. The maximum absolute atomic E-state index is 12.5. The molecule has 0 fully saturated rings. The average molecular weight is 256 g/mol. The molecular formula is C12H11F3N2O.